The maximum Gasteiger partial charge on any atom is 0.0889 e. The molecule has 1 aromatic heterocycles. The van der Waals surface area contributed by atoms with Gasteiger partial charge in [-0.3, -0.25) is 4.98 Å². The minimum atomic E-state index is 0.277. The van der Waals surface area contributed by atoms with Gasteiger partial charge in [-0.2, -0.15) is 0 Å². The Morgan fingerprint density at radius 3 is 3.06 bits per heavy atom. The van der Waals surface area contributed by atoms with Gasteiger partial charge in [-0.05, 0) is 38.4 Å². The molecule has 0 aliphatic carbocycles. The normalized spacial score (nSPS) is 19.9. The molecule has 2 heterocycles. The minimum Gasteiger partial charge on any atom is -0.376 e. The standard InChI is InChI=1S/C14H22N2O2/c1-15-9-12-5-4-6-13(16-12)10-17-11-14-7-2-3-8-18-14/h4-6,14-15H,2-3,7-11H2,1H3. The molecule has 100 valence electrons. The van der Waals surface area contributed by atoms with E-state index in [1.807, 2.05) is 25.2 Å². The van der Waals surface area contributed by atoms with Crippen LogP contribution in [0.4, 0.5) is 0 Å². The molecule has 1 saturated heterocycles. The van der Waals surface area contributed by atoms with E-state index in [-0.39, 0.29) is 6.10 Å². The maximum absolute atomic E-state index is 5.68. The second-order valence-electron chi connectivity index (χ2n) is 4.65. The van der Waals surface area contributed by atoms with Crippen molar-refractivity contribution in [2.75, 3.05) is 20.3 Å². The molecular weight excluding hydrogens is 228 g/mol. The number of hydrogen-bond acceptors (Lipinski definition) is 4. The highest BCUT2D eigenvalue weighted by Gasteiger charge is 2.13. The zero-order valence-electron chi connectivity index (χ0n) is 11.0. The Morgan fingerprint density at radius 1 is 1.39 bits per heavy atom. The van der Waals surface area contributed by atoms with E-state index < -0.39 is 0 Å². The van der Waals surface area contributed by atoms with Crippen molar-refractivity contribution in [3.8, 4) is 0 Å². The highest BCUT2D eigenvalue weighted by atomic mass is 16.5. The average molecular weight is 250 g/mol. The molecule has 0 radical (unpaired) electrons. The molecule has 1 N–H and O–H groups in total. The van der Waals surface area contributed by atoms with Crippen LogP contribution in [0.5, 0.6) is 0 Å². The molecule has 4 heteroatoms. The molecule has 1 unspecified atom stereocenters. The van der Waals surface area contributed by atoms with Crippen LogP contribution in [0.3, 0.4) is 0 Å². The van der Waals surface area contributed by atoms with Gasteiger partial charge >= 0.3 is 0 Å². The lowest BCUT2D eigenvalue weighted by atomic mass is 10.1. The van der Waals surface area contributed by atoms with Gasteiger partial charge in [0.15, 0.2) is 0 Å². The van der Waals surface area contributed by atoms with E-state index in [4.69, 9.17) is 9.47 Å². The fourth-order valence-corrected chi connectivity index (χ4v) is 2.12. The Balaban J connectivity index is 1.73. The first-order valence-corrected chi connectivity index (χ1v) is 6.67. The highest BCUT2D eigenvalue weighted by Crippen LogP contribution is 2.13. The van der Waals surface area contributed by atoms with E-state index in [9.17, 15) is 0 Å². The van der Waals surface area contributed by atoms with Gasteiger partial charge in [0.05, 0.1) is 30.7 Å². The summed E-state index contributed by atoms with van der Waals surface area (Å²) in [6.07, 6.45) is 3.83. The van der Waals surface area contributed by atoms with Crippen molar-refractivity contribution in [3.05, 3.63) is 29.6 Å². The van der Waals surface area contributed by atoms with Gasteiger partial charge in [0, 0.05) is 13.2 Å². The number of ether oxygens (including phenoxy) is 2. The first-order chi connectivity index (χ1) is 8.88. The first-order valence-electron chi connectivity index (χ1n) is 6.67. The van der Waals surface area contributed by atoms with E-state index in [1.54, 1.807) is 0 Å². The largest absolute Gasteiger partial charge is 0.376 e. The second-order valence-corrected chi connectivity index (χ2v) is 4.65. The maximum atomic E-state index is 5.68. The summed E-state index contributed by atoms with van der Waals surface area (Å²) in [7, 11) is 1.92. The fourth-order valence-electron chi connectivity index (χ4n) is 2.12. The third-order valence-corrected chi connectivity index (χ3v) is 3.05. The molecule has 1 aliphatic rings. The van der Waals surface area contributed by atoms with Gasteiger partial charge in [0.2, 0.25) is 0 Å². The van der Waals surface area contributed by atoms with E-state index in [2.05, 4.69) is 10.3 Å². The van der Waals surface area contributed by atoms with Gasteiger partial charge in [-0.1, -0.05) is 6.07 Å². The molecule has 18 heavy (non-hydrogen) atoms. The highest BCUT2D eigenvalue weighted by molar-refractivity contribution is 5.10. The van der Waals surface area contributed by atoms with Crippen LogP contribution in [0.25, 0.3) is 0 Å². The molecule has 0 bridgehead atoms. The third kappa shape index (κ3) is 4.37. The summed E-state index contributed by atoms with van der Waals surface area (Å²) in [4.78, 5) is 4.52. The van der Waals surface area contributed by atoms with Crippen LogP contribution in [-0.4, -0.2) is 31.3 Å². The smallest absolute Gasteiger partial charge is 0.0889 e. The Bertz CT molecular complexity index is 351. The fraction of sp³-hybridized carbons (Fsp3) is 0.643. The average Bonchev–Trinajstić information content (AvgIpc) is 2.41. The second kappa shape index (κ2) is 7.46. The lowest BCUT2D eigenvalue weighted by Crippen LogP contribution is -2.24. The van der Waals surface area contributed by atoms with Crippen LogP contribution in [0.2, 0.25) is 0 Å². The van der Waals surface area contributed by atoms with Crippen LogP contribution >= 0.6 is 0 Å². The lowest BCUT2D eigenvalue weighted by molar-refractivity contribution is -0.0452. The van der Waals surface area contributed by atoms with Crippen LogP contribution in [0, 0.1) is 0 Å². The minimum absolute atomic E-state index is 0.277. The van der Waals surface area contributed by atoms with E-state index in [0.29, 0.717) is 13.2 Å². The molecule has 0 amide bonds. The number of hydrogen-bond donors (Lipinski definition) is 1. The van der Waals surface area contributed by atoms with Crippen LogP contribution in [0.15, 0.2) is 18.2 Å². The van der Waals surface area contributed by atoms with Gasteiger partial charge in [0.25, 0.3) is 0 Å². The third-order valence-electron chi connectivity index (χ3n) is 3.05. The number of pyridine rings is 1. The molecule has 0 aromatic carbocycles. The summed E-state index contributed by atoms with van der Waals surface area (Å²) in [5.41, 5.74) is 2.03. The predicted octanol–water partition coefficient (Wildman–Crippen LogP) is 1.89. The number of rotatable bonds is 6. The lowest BCUT2D eigenvalue weighted by Gasteiger charge is -2.22. The van der Waals surface area contributed by atoms with Gasteiger partial charge in [0.1, 0.15) is 0 Å². The van der Waals surface area contributed by atoms with Crippen molar-refractivity contribution in [2.45, 2.75) is 38.5 Å². The Labute approximate surface area is 109 Å². The van der Waals surface area contributed by atoms with Crippen molar-refractivity contribution >= 4 is 0 Å². The van der Waals surface area contributed by atoms with E-state index >= 15 is 0 Å². The van der Waals surface area contributed by atoms with Crippen molar-refractivity contribution < 1.29 is 9.47 Å². The van der Waals surface area contributed by atoms with Gasteiger partial charge in [-0.25, -0.2) is 0 Å². The molecule has 0 spiro atoms. The zero-order chi connectivity index (χ0) is 12.6. The summed E-state index contributed by atoms with van der Waals surface area (Å²) in [6.45, 7) is 2.92. The number of aromatic nitrogens is 1. The summed E-state index contributed by atoms with van der Waals surface area (Å²) < 4.78 is 11.3. The van der Waals surface area contributed by atoms with Gasteiger partial charge < -0.3 is 14.8 Å². The zero-order valence-corrected chi connectivity index (χ0v) is 11.0. The van der Waals surface area contributed by atoms with Crippen molar-refractivity contribution in [1.29, 1.82) is 0 Å². The number of nitrogens with one attached hydrogen (secondary N) is 1. The predicted molar refractivity (Wildman–Crippen MR) is 70.2 cm³/mol. The summed E-state index contributed by atoms with van der Waals surface area (Å²) in [5.74, 6) is 0. The molecule has 0 saturated carbocycles. The van der Waals surface area contributed by atoms with Crippen molar-refractivity contribution in [2.24, 2.45) is 0 Å². The summed E-state index contributed by atoms with van der Waals surface area (Å²) in [6, 6.07) is 6.04. The summed E-state index contributed by atoms with van der Waals surface area (Å²) in [5, 5.41) is 3.10. The monoisotopic (exact) mass is 250 g/mol. The van der Waals surface area contributed by atoms with Crippen LogP contribution in [0.1, 0.15) is 30.7 Å². The van der Waals surface area contributed by atoms with E-state index in [1.165, 1.54) is 12.8 Å². The van der Waals surface area contributed by atoms with Gasteiger partial charge in [-0.15, -0.1) is 0 Å². The molecule has 1 aliphatic heterocycles. The molecule has 2 rings (SSSR count). The summed E-state index contributed by atoms with van der Waals surface area (Å²) >= 11 is 0. The van der Waals surface area contributed by atoms with Crippen LogP contribution < -0.4 is 5.32 Å². The molecule has 1 aromatic rings. The molecule has 1 atom stereocenters. The van der Waals surface area contributed by atoms with E-state index in [0.717, 1.165) is 31.0 Å². The Kier molecular flexibility index (Phi) is 5.58. The SMILES string of the molecule is CNCc1cccc(COCC2CCCCO2)n1. The van der Waals surface area contributed by atoms with Crippen molar-refractivity contribution in [3.63, 3.8) is 0 Å². The molecule has 1 fully saturated rings. The first kappa shape index (κ1) is 13.5. The molecule has 4 nitrogen and oxygen atoms in total. The Morgan fingerprint density at radius 2 is 2.28 bits per heavy atom. The van der Waals surface area contributed by atoms with Crippen LogP contribution in [-0.2, 0) is 22.6 Å². The quantitative estimate of drug-likeness (QED) is 0.837. The topological polar surface area (TPSA) is 43.4 Å². The Hall–Kier alpha value is -0.970. The number of nitrogens with zero attached hydrogens (tertiary/aromatic N) is 1. The van der Waals surface area contributed by atoms with Crippen molar-refractivity contribution in [1.82, 2.24) is 10.3 Å². The molecular formula is C14H22N2O2.